The van der Waals surface area contributed by atoms with Crippen molar-refractivity contribution < 1.29 is 15.0 Å². The van der Waals surface area contributed by atoms with Gasteiger partial charge in [0.15, 0.2) is 0 Å². The first-order valence-electron chi connectivity index (χ1n) is 7.00. The molecule has 4 heteroatoms. The van der Waals surface area contributed by atoms with Gasteiger partial charge < -0.3 is 15.1 Å². The van der Waals surface area contributed by atoms with Crippen LogP contribution in [0.2, 0.25) is 0 Å². The van der Waals surface area contributed by atoms with Gasteiger partial charge in [0.05, 0.1) is 11.5 Å². The minimum absolute atomic E-state index is 0.259. The van der Waals surface area contributed by atoms with E-state index in [4.69, 9.17) is 5.11 Å². The minimum atomic E-state index is -0.718. The van der Waals surface area contributed by atoms with E-state index in [1.54, 1.807) is 0 Å². The summed E-state index contributed by atoms with van der Waals surface area (Å²) in [4.78, 5) is 13.1. The fourth-order valence-corrected chi connectivity index (χ4v) is 2.79. The zero-order chi connectivity index (χ0) is 13.8. The van der Waals surface area contributed by atoms with Gasteiger partial charge in [-0.2, -0.15) is 0 Å². The Hall–Kier alpha value is -0.610. The highest BCUT2D eigenvalue weighted by Crippen LogP contribution is 2.32. The zero-order valence-corrected chi connectivity index (χ0v) is 11.9. The number of likely N-dealkylation sites (N-methyl/N-ethyl adjacent to an activating group) is 1. The maximum absolute atomic E-state index is 10.9. The van der Waals surface area contributed by atoms with E-state index in [0.717, 1.165) is 13.0 Å². The number of carboxylic acids is 1. The second kappa shape index (κ2) is 6.53. The first-order valence-corrected chi connectivity index (χ1v) is 7.00. The fraction of sp³-hybridized carbons (Fsp3) is 0.929. The maximum atomic E-state index is 10.9. The largest absolute Gasteiger partial charge is 0.481 e. The SMILES string of the molecule is CCC(C)CN(C)CC1(O)CCC(C(=O)O)CC1. The summed E-state index contributed by atoms with van der Waals surface area (Å²) in [5.41, 5.74) is -0.686. The molecule has 1 rings (SSSR count). The molecule has 0 saturated heterocycles. The summed E-state index contributed by atoms with van der Waals surface area (Å²) in [6.45, 7) is 6.03. The molecule has 0 aromatic rings. The molecule has 1 fully saturated rings. The molecular weight excluding hydrogens is 230 g/mol. The van der Waals surface area contributed by atoms with Gasteiger partial charge in [-0.15, -0.1) is 0 Å². The van der Waals surface area contributed by atoms with Crippen molar-refractivity contribution in [2.45, 2.75) is 51.6 Å². The topological polar surface area (TPSA) is 60.8 Å². The molecule has 1 unspecified atom stereocenters. The monoisotopic (exact) mass is 257 g/mol. The van der Waals surface area contributed by atoms with Gasteiger partial charge >= 0.3 is 5.97 Å². The third-order valence-corrected chi connectivity index (χ3v) is 4.15. The molecule has 2 N–H and O–H groups in total. The maximum Gasteiger partial charge on any atom is 0.306 e. The van der Waals surface area contributed by atoms with E-state index in [2.05, 4.69) is 18.7 Å². The number of carboxylic acid groups (broad SMARTS) is 1. The molecule has 0 heterocycles. The van der Waals surface area contributed by atoms with Gasteiger partial charge in [0.25, 0.3) is 0 Å². The van der Waals surface area contributed by atoms with Crippen LogP contribution in [0, 0.1) is 11.8 Å². The lowest BCUT2D eigenvalue weighted by molar-refractivity contribution is -0.145. The molecule has 0 aromatic heterocycles. The van der Waals surface area contributed by atoms with Crippen LogP contribution in [0.15, 0.2) is 0 Å². The summed E-state index contributed by atoms with van der Waals surface area (Å²) in [5, 5.41) is 19.4. The second-order valence-electron chi connectivity index (χ2n) is 6.05. The van der Waals surface area contributed by atoms with E-state index in [-0.39, 0.29) is 5.92 Å². The van der Waals surface area contributed by atoms with Gasteiger partial charge in [0.2, 0.25) is 0 Å². The predicted molar refractivity (Wildman–Crippen MR) is 71.5 cm³/mol. The van der Waals surface area contributed by atoms with E-state index in [1.807, 2.05) is 7.05 Å². The highest BCUT2D eigenvalue weighted by atomic mass is 16.4. The first-order chi connectivity index (χ1) is 8.36. The van der Waals surface area contributed by atoms with Gasteiger partial charge in [-0.25, -0.2) is 0 Å². The van der Waals surface area contributed by atoms with Gasteiger partial charge in [-0.05, 0) is 38.6 Å². The summed E-state index contributed by atoms with van der Waals surface area (Å²) >= 11 is 0. The number of rotatable bonds is 6. The lowest BCUT2D eigenvalue weighted by Crippen LogP contribution is -2.46. The quantitative estimate of drug-likeness (QED) is 0.763. The Balaban J connectivity index is 2.40. The van der Waals surface area contributed by atoms with Crippen molar-refractivity contribution in [3.8, 4) is 0 Å². The van der Waals surface area contributed by atoms with Gasteiger partial charge in [0.1, 0.15) is 0 Å². The average molecular weight is 257 g/mol. The number of aliphatic carboxylic acids is 1. The Morgan fingerprint density at radius 2 is 2.00 bits per heavy atom. The molecule has 1 aliphatic carbocycles. The minimum Gasteiger partial charge on any atom is -0.481 e. The molecule has 1 aliphatic rings. The number of nitrogens with zero attached hydrogens (tertiary/aromatic N) is 1. The van der Waals surface area contributed by atoms with E-state index >= 15 is 0 Å². The predicted octanol–water partition coefficient (Wildman–Crippen LogP) is 1.97. The summed E-state index contributed by atoms with van der Waals surface area (Å²) in [6, 6.07) is 0. The smallest absolute Gasteiger partial charge is 0.306 e. The van der Waals surface area contributed by atoms with Crippen molar-refractivity contribution in [3.63, 3.8) is 0 Å². The Bertz CT molecular complexity index is 272. The van der Waals surface area contributed by atoms with Gasteiger partial charge in [0, 0.05) is 13.1 Å². The number of hydrogen-bond donors (Lipinski definition) is 2. The number of hydrogen-bond acceptors (Lipinski definition) is 3. The van der Waals surface area contributed by atoms with Crippen molar-refractivity contribution in [2.24, 2.45) is 11.8 Å². The van der Waals surface area contributed by atoms with Crippen LogP contribution in [-0.2, 0) is 4.79 Å². The van der Waals surface area contributed by atoms with Crippen LogP contribution in [0.1, 0.15) is 46.0 Å². The van der Waals surface area contributed by atoms with Crippen LogP contribution in [0.5, 0.6) is 0 Å². The van der Waals surface area contributed by atoms with E-state index in [1.165, 1.54) is 0 Å². The molecule has 1 atom stereocenters. The highest BCUT2D eigenvalue weighted by Gasteiger charge is 2.36. The Labute approximate surface area is 110 Å². The summed E-state index contributed by atoms with van der Waals surface area (Å²) < 4.78 is 0. The lowest BCUT2D eigenvalue weighted by Gasteiger charge is -2.38. The summed E-state index contributed by atoms with van der Waals surface area (Å²) in [6.07, 6.45) is 3.56. The Morgan fingerprint density at radius 3 is 2.44 bits per heavy atom. The summed E-state index contributed by atoms with van der Waals surface area (Å²) in [5.74, 6) is -0.343. The third kappa shape index (κ3) is 4.58. The van der Waals surface area contributed by atoms with Crippen molar-refractivity contribution in [1.82, 2.24) is 4.90 Å². The molecule has 106 valence electrons. The molecule has 0 aromatic carbocycles. The van der Waals surface area contributed by atoms with Crippen molar-refractivity contribution in [1.29, 1.82) is 0 Å². The Kier molecular flexibility index (Phi) is 5.60. The normalized spacial score (nSPS) is 30.4. The van der Waals surface area contributed by atoms with Gasteiger partial charge in [-0.1, -0.05) is 20.3 Å². The van der Waals surface area contributed by atoms with Crippen LogP contribution in [0.4, 0.5) is 0 Å². The average Bonchev–Trinajstić information content (AvgIpc) is 2.28. The zero-order valence-electron chi connectivity index (χ0n) is 11.9. The summed E-state index contributed by atoms with van der Waals surface area (Å²) in [7, 11) is 2.04. The molecule has 0 spiro atoms. The van der Waals surface area contributed by atoms with Gasteiger partial charge in [-0.3, -0.25) is 4.79 Å². The van der Waals surface area contributed by atoms with Crippen LogP contribution >= 0.6 is 0 Å². The van der Waals surface area contributed by atoms with Crippen LogP contribution in [0.25, 0.3) is 0 Å². The molecule has 1 saturated carbocycles. The van der Waals surface area contributed by atoms with Crippen molar-refractivity contribution in [3.05, 3.63) is 0 Å². The molecule has 18 heavy (non-hydrogen) atoms. The number of aliphatic hydroxyl groups is 1. The van der Waals surface area contributed by atoms with Crippen LogP contribution in [-0.4, -0.2) is 46.8 Å². The fourth-order valence-electron chi connectivity index (χ4n) is 2.79. The molecule has 4 nitrogen and oxygen atoms in total. The van der Waals surface area contributed by atoms with Crippen LogP contribution in [0.3, 0.4) is 0 Å². The standard InChI is InChI=1S/C14H27NO3/c1-4-11(2)9-15(3)10-14(18)7-5-12(6-8-14)13(16)17/h11-12,18H,4-10H2,1-3H3,(H,16,17). The van der Waals surface area contributed by atoms with E-state index in [0.29, 0.717) is 38.1 Å². The van der Waals surface area contributed by atoms with E-state index < -0.39 is 11.6 Å². The van der Waals surface area contributed by atoms with Crippen LogP contribution < -0.4 is 0 Å². The molecule has 0 amide bonds. The third-order valence-electron chi connectivity index (χ3n) is 4.15. The Morgan fingerprint density at radius 1 is 1.44 bits per heavy atom. The molecule has 0 radical (unpaired) electrons. The first kappa shape index (κ1) is 15.4. The molecule has 0 bridgehead atoms. The second-order valence-corrected chi connectivity index (χ2v) is 6.05. The van der Waals surface area contributed by atoms with Crippen molar-refractivity contribution in [2.75, 3.05) is 20.1 Å². The van der Waals surface area contributed by atoms with E-state index in [9.17, 15) is 9.90 Å². The lowest BCUT2D eigenvalue weighted by atomic mass is 9.78. The number of carbonyl (C=O) groups is 1. The highest BCUT2D eigenvalue weighted by molar-refractivity contribution is 5.70. The molecule has 0 aliphatic heterocycles. The van der Waals surface area contributed by atoms with Crippen molar-refractivity contribution >= 4 is 5.97 Å². The molecular formula is C14H27NO3.